The molecule has 0 saturated carbocycles. The molecule has 2 N–H and O–H groups in total. The highest BCUT2D eigenvalue weighted by molar-refractivity contribution is 6.46. The van der Waals surface area contributed by atoms with Crippen molar-refractivity contribution in [2.24, 2.45) is 0 Å². The normalized spacial score (nSPS) is 16.8. The zero-order valence-corrected chi connectivity index (χ0v) is 22.0. The summed E-state index contributed by atoms with van der Waals surface area (Å²) >= 11 is 0. The van der Waals surface area contributed by atoms with Gasteiger partial charge in [0.1, 0.15) is 18.1 Å². The average Bonchev–Trinajstić information content (AvgIpc) is 3.16. The predicted molar refractivity (Wildman–Crippen MR) is 144 cm³/mol. The maximum atomic E-state index is 13.3. The molecule has 4 rings (SSSR count). The van der Waals surface area contributed by atoms with Crippen LogP contribution in [0.5, 0.6) is 17.2 Å². The van der Waals surface area contributed by atoms with Crippen LogP contribution in [-0.4, -0.2) is 66.0 Å². The third-order valence-electron chi connectivity index (χ3n) is 6.55. The molecule has 8 heteroatoms. The second-order valence-electron chi connectivity index (χ2n) is 9.48. The van der Waals surface area contributed by atoms with Gasteiger partial charge in [-0.3, -0.25) is 9.59 Å². The van der Waals surface area contributed by atoms with Gasteiger partial charge in [0, 0.05) is 18.7 Å². The number of hydrogen-bond donors (Lipinski definition) is 2. The number of amides is 1. The lowest BCUT2D eigenvalue weighted by Gasteiger charge is -2.27. The zero-order valence-electron chi connectivity index (χ0n) is 22.0. The number of ketones is 1. The van der Waals surface area contributed by atoms with Crippen LogP contribution in [0.3, 0.4) is 0 Å². The molecule has 0 unspecified atom stereocenters. The van der Waals surface area contributed by atoms with E-state index in [2.05, 4.69) is 0 Å². The number of carbonyl (C=O) groups excluding carboxylic acids is 2. The molecular formula is C30H32N2O6. The minimum absolute atomic E-state index is 0.0115. The van der Waals surface area contributed by atoms with Crippen molar-refractivity contribution in [3.8, 4) is 17.2 Å². The standard InChI is InChI=1S/C30H32N2O6/c1-19-16-22(38-18-20-8-6-5-7-9-20)11-12-23(19)28(34)26-27(21-10-13-24(33)25(17-21)37-4)32(15-14-31(2)3)30(36)29(26)35/h5-13,16-17,27,33-34H,14-15,18H2,1-4H3/b28-26+/t27-/m1/s1. The van der Waals surface area contributed by atoms with Gasteiger partial charge in [0.25, 0.3) is 11.7 Å². The number of likely N-dealkylation sites (tertiary alicyclic amines) is 1. The number of aliphatic hydroxyl groups excluding tert-OH is 1. The summed E-state index contributed by atoms with van der Waals surface area (Å²) in [6.07, 6.45) is 0. The summed E-state index contributed by atoms with van der Waals surface area (Å²) in [6, 6.07) is 18.8. The Kier molecular flexibility index (Phi) is 8.02. The van der Waals surface area contributed by atoms with Crippen LogP contribution in [0.4, 0.5) is 0 Å². The van der Waals surface area contributed by atoms with Crippen LogP contribution < -0.4 is 9.47 Å². The number of methoxy groups -OCH3 is 1. The first kappa shape index (κ1) is 26.8. The highest BCUT2D eigenvalue weighted by atomic mass is 16.5. The number of phenolic OH excluding ortho intramolecular Hbond substituents is 1. The van der Waals surface area contributed by atoms with Gasteiger partial charge < -0.3 is 29.5 Å². The molecule has 1 atom stereocenters. The molecule has 1 aliphatic heterocycles. The monoisotopic (exact) mass is 516 g/mol. The lowest BCUT2D eigenvalue weighted by Crippen LogP contribution is -2.35. The topological polar surface area (TPSA) is 99.5 Å². The summed E-state index contributed by atoms with van der Waals surface area (Å²) in [5.41, 5.74) is 2.68. The van der Waals surface area contributed by atoms with E-state index >= 15 is 0 Å². The van der Waals surface area contributed by atoms with E-state index in [9.17, 15) is 19.8 Å². The van der Waals surface area contributed by atoms with Crippen molar-refractivity contribution in [2.45, 2.75) is 19.6 Å². The number of aromatic hydroxyl groups is 1. The summed E-state index contributed by atoms with van der Waals surface area (Å²) in [6.45, 7) is 3.00. The first-order valence-electron chi connectivity index (χ1n) is 12.3. The largest absolute Gasteiger partial charge is 0.507 e. The number of rotatable bonds is 9. The molecule has 8 nitrogen and oxygen atoms in total. The Morgan fingerprint density at radius 2 is 1.76 bits per heavy atom. The van der Waals surface area contributed by atoms with Gasteiger partial charge in [0.05, 0.1) is 18.7 Å². The molecule has 0 radical (unpaired) electrons. The summed E-state index contributed by atoms with van der Waals surface area (Å²) in [5, 5.41) is 21.5. The SMILES string of the molecule is COc1cc([C@@H]2/C(=C(\O)c3ccc(OCc4ccccc4)cc3C)C(=O)C(=O)N2CCN(C)C)ccc1O. The number of nitrogens with zero attached hydrogens (tertiary/aromatic N) is 2. The average molecular weight is 517 g/mol. The van der Waals surface area contributed by atoms with Crippen molar-refractivity contribution in [3.63, 3.8) is 0 Å². The number of Topliss-reactive ketones (excluding diaryl/α,β-unsaturated/α-hetero) is 1. The van der Waals surface area contributed by atoms with Gasteiger partial charge in [-0.1, -0.05) is 36.4 Å². The van der Waals surface area contributed by atoms with Crippen LogP contribution >= 0.6 is 0 Å². The van der Waals surface area contributed by atoms with Gasteiger partial charge in [-0.05, 0) is 68.0 Å². The van der Waals surface area contributed by atoms with Crippen LogP contribution in [-0.2, 0) is 16.2 Å². The lowest BCUT2D eigenvalue weighted by atomic mass is 9.93. The van der Waals surface area contributed by atoms with Crippen LogP contribution in [0.15, 0.2) is 72.3 Å². The highest BCUT2D eigenvalue weighted by Crippen LogP contribution is 2.42. The van der Waals surface area contributed by atoms with Crippen LogP contribution in [0.1, 0.15) is 28.3 Å². The number of likely N-dealkylation sites (N-methyl/N-ethyl adjacent to an activating group) is 1. The second kappa shape index (κ2) is 11.4. The molecule has 1 heterocycles. The van der Waals surface area contributed by atoms with Gasteiger partial charge in [0.2, 0.25) is 0 Å². The second-order valence-corrected chi connectivity index (χ2v) is 9.48. The number of hydrogen-bond acceptors (Lipinski definition) is 7. The fourth-order valence-electron chi connectivity index (χ4n) is 4.51. The third kappa shape index (κ3) is 5.50. The van der Waals surface area contributed by atoms with E-state index in [4.69, 9.17) is 9.47 Å². The Balaban J connectivity index is 1.74. The zero-order chi connectivity index (χ0) is 27.4. The quantitative estimate of drug-likeness (QED) is 0.249. The van der Waals surface area contributed by atoms with E-state index < -0.39 is 17.7 Å². The molecule has 3 aromatic carbocycles. The summed E-state index contributed by atoms with van der Waals surface area (Å²) in [7, 11) is 5.17. The number of aryl methyl sites for hydroxylation is 1. The predicted octanol–water partition coefficient (Wildman–Crippen LogP) is 4.27. The van der Waals surface area contributed by atoms with E-state index in [0.29, 0.717) is 35.6 Å². The van der Waals surface area contributed by atoms with Crippen molar-refractivity contribution >= 4 is 17.4 Å². The molecule has 0 bridgehead atoms. The lowest BCUT2D eigenvalue weighted by molar-refractivity contribution is -0.140. The maximum Gasteiger partial charge on any atom is 0.295 e. The molecule has 38 heavy (non-hydrogen) atoms. The van der Waals surface area contributed by atoms with Gasteiger partial charge in [-0.2, -0.15) is 0 Å². The van der Waals surface area contributed by atoms with Crippen molar-refractivity contribution in [1.29, 1.82) is 0 Å². The van der Waals surface area contributed by atoms with Crippen molar-refractivity contribution in [3.05, 3.63) is 94.6 Å². The number of aliphatic hydroxyl groups is 1. The van der Waals surface area contributed by atoms with Gasteiger partial charge in [-0.15, -0.1) is 0 Å². The van der Waals surface area contributed by atoms with Crippen molar-refractivity contribution < 1.29 is 29.3 Å². The Hall–Kier alpha value is -4.30. The van der Waals surface area contributed by atoms with Crippen LogP contribution in [0.25, 0.3) is 5.76 Å². The number of benzene rings is 3. The molecule has 0 spiro atoms. The number of carbonyl (C=O) groups is 2. The number of ether oxygens (including phenoxy) is 2. The van der Waals surface area contributed by atoms with Crippen LogP contribution in [0, 0.1) is 6.92 Å². The van der Waals surface area contributed by atoms with Crippen LogP contribution in [0.2, 0.25) is 0 Å². The minimum Gasteiger partial charge on any atom is -0.507 e. The van der Waals surface area contributed by atoms with Gasteiger partial charge in [0.15, 0.2) is 11.5 Å². The highest BCUT2D eigenvalue weighted by Gasteiger charge is 2.46. The molecule has 0 aliphatic carbocycles. The van der Waals surface area contributed by atoms with E-state index in [1.54, 1.807) is 30.3 Å². The smallest absolute Gasteiger partial charge is 0.295 e. The molecule has 1 fully saturated rings. The summed E-state index contributed by atoms with van der Waals surface area (Å²) < 4.78 is 11.2. The molecule has 1 aliphatic rings. The maximum absolute atomic E-state index is 13.3. The molecular weight excluding hydrogens is 484 g/mol. The molecule has 198 valence electrons. The Morgan fingerprint density at radius 3 is 2.42 bits per heavy atom. The summed E-state index contributed by atoms with van der Waals surface area (Å²) in [5.74, 6) is -0.956. The first-order chi connectivity index (χ1) is 18.2. The Morgan fingerprint density at radius 1 is 1.03 bits per heavy atom. The molecule has 1 amide bonds. The van der Waals surface area contributed by atoms with Crippen molar-refractivity contribution in [1.82, 2.24) is 9.80 Å². The molecule has 1 saturated heterocycles. The van der Waals surface area contributed by atoms with E-state index in [0.717, 1.165) is 5.56 Å². The Labute approximate surface area is 222 Å². The minimum atomic E-state index is -0.849. The fourth-order valence-corrected chi connectivity index (χ4v) is 4.51. The van der Waals surface area contributed by atoms with E-state index in [1.807, 2.05) is 56.3 Å². The number of phenols is 1. The Bertz CT molecular complexity index is 1370. The van der Waals surface area contributed by atoms with Gasteiger partial charge in [-0.25, -0.2) is 0 Å². The third-order valence-corrected chi connectivity index (χ3v) is 6.55. The van der Waals surface area contributed by atoms with E-state index in [-0.39, 0.29) is 29.4 Å². The molecule has 0 aromatic heterocycles. The summed E-state index contributed by atoms with van der Waals surface area (Å²) in [4.78, 5) is 29.8. The first-order valence-corrected chi connectivity index (χ1v) is 12.3. The van der Waals surface area contributed by atoms with Gasteiger partial charge >= 0.3 is 0 Å². The van der Waals surface area contributed by atoms with E-state index in [1.165, 1.54) is 18.1 Å². The van der Waals surface area contributed by atoms with Crippen molar-refractivity contribution in [2.75, 3.05) is 34.3 Å². The molecule has 3 aromatic rings. The fraction of sp³-hybridized carbons (Fsp3) is 0.267.